The van der Waals surface area contributed by atoms with Crippen LogP contribution in [-0.4, -0.2) is 64.2 Å². The summed E-state index contributed by atoms with van der Waals surface area (Å²) in [6.07, 6.45) is -7.49. The predicted octanol–water partition coefficient (Wildman–Crippen LogP) is -2.47. The van der Waals surface area contributed by atoms with Crippen LogP contribution in [0.4, 0.5) is 0 Å². The number of hydrogen-bond donors (Lipinski definition) is 4. The summed E-state index contributed by atoms with van der Waals surface area (Å²) >= 11 is 0. The van der Waals surface area contributed by atoms with Gasteiger partial charge in [-0.15, -0.1) is 0 Å². The molecule has 1 unspecified atom stereocenters. The summed E-state index contributed by atoms with van der Waals surface area (Å²) in [6.45, 7) is 0. The number of carbonyl (C=O) groups is 1. The Hall–Kier alpha value is -0.730. The molecule has 1 saturated heterocycles. The van der Waals surface area contributed by atoms with Crippen LogP contribution in [0.15, 0.2) is 0 Å². The number of methoxy groups -OCH3 is 1. The molecule has 4 N–H and O–H groups in total. The molecule has 0 radical (unpaired) electrons. The van der Waals surface area contributed by atoms with Crippen LogP contribution in [0.5, 0.6) is 0 Å². The molecular weight excluding hydrogens is 196 g/mol. The zero-order valence-electron chi connectivity index (χ0n) is 7.40. The van der Waals surface area contributed by atoms with Crippen molar-refractivity contribution in [2.24, 2.45) is 0 Å². The van der Waals surface area contributed by atoms with E-state index in [9.17, 15) is 9.90 Å². The number of aliphatic hydroxyl groups excluding tert-OH is 3. The lowest BCUT2D eigenvalue weighted by Gasteiger charge is -2.37. The fraction of sp³-hybridized carbons (Fsp3) is 0.857. The molecule has 1 heterocycles. The standard InChI is InChI=1S/C7H12O7/c1-13-4-2(8)3(9)7(12)14-5(4)6(10)11/h2-5,7-9,12H,1H3,(H,10,11)/t2-,3+,4+,5+,7?/m1/s1. The molecule has 1 aliphatic heterocycles. The zero-order valence-corrected chi connectivity index (χ0v) is 7.40. The topological polar surface area (TPSA) is 116 Å². The fourth-order valence-electron chi connectivity index (χ4n) is 1.31. The van der Waals surface area contributed by atoms with Gasteiger partial charge in [0.05, 0.1) is 0 Å². The summed E-state index contributed by atoms with van der Waals surface area (Å²) < 4.78 is 9.22. The molecule has 0 aliphatic carbocycles. The summed E-state index contributed by atoms with van der Waals surface area (Å²) in [5.74, 6) is -1.37. The van der Waals surface area contributed by atoms with Gasteiger partial charge in [-0.3, -0.25) is 0 Å². The minimum absolute atomic E-state index is 1.18. The predicted molar refractivity (Wildman–Crippen MR) is 41.3 cm³/mol. The molecule has 7 nitrogen and oxygen atoms in total. The van der Waals surface area contributed by atoms with E-state index in [2.05, 4.69) is 9.47 Å². The second-order valence-electron chi connectivity index (χ2n) is 2.97. The summed E-state index contributed by atoms with van der Waals surface area (Å²) in [6, 6.07) is 0. The molecule has 0 aromatic rings. The normalized spacial score (nSPS) is 43.6. The van der Waals surface area contributed by atoms with E-state index in [1.807, 2.05) is 0 Å². The fourth-order valence-corrected chi connectivity index (χ4v) is 1.31. The first-order chi connectivity index (χ1) is 6.49. The lowest BCUT2D eigenvalue weighted by molar-refractivity contribution is -0.283. The van der Waals surface area contributed by atoms with Gasteiger partial charge in [-0.05, 0) is 0 Å². The highest BCUT2D eigenvalue weighted by Crippen LogP contribution is 2.21. The Bertz CT molecular complexity index is 218. The largest absolute Gasteiger partial charge is 0.479 e. The molecule has 0 amide bonds. The first kappa shape index (κ1) is 11.3. The average molecular weight is 208 g/mol. The summed E-state index contributed by atoms with van der Waals surface area (Å²) in [4.78, 5) is 10.6. The van der Waals surface area contributed by atoms with Crippen molar-refractivity contribution in [1.82, 2.24) is 0 Å². The maximum atomic E-state index is 10.6. The number of hydrogen-bond acceptors (Lipinski definition) is 6. The third-order valence-corrected chi connectivity index (χ3v) is 2.08. The van der Waals surface area contributed by atoms with E-state index in [1.165, 1.54) is 7.11 Å². The summed E-state index contributed by atoms with van der Waals surface area (Å²) in [7, 11) is 1.18. The van der Waals surface area contributed by atoms with E-state index in [1.54, 1.807) is 0 Å². The van der Waals surface area contributed by atoms with Gasteiger partial charge in [0.25, 0.3) is 0 Å². The molecule has 0 aromatic carbocycles. The molecule has 7 heteroatoms. The van der Waals surface area contributed by atoms with Gasteiger partial charge in [-0.25, -0.2) is 4.79 Å². The second-order valence-corrected chi connectivity index (χ2v) is 2.97. The van der Waals surface area contributed by atoms with Crippen molar-refractivity contribution in [3.05, 3.63) is 0 Å². The van der Waals surface area contributed by atoms with Crippen LogP contribution in [-0.2, 0) is 14.3 Å². The molecule has 0 aromatic heterocycles. The van der Waals surface area contributed by atoms with Crippen LogP contribution in [0, 0.1) is 0 Å². The van der Waals surface area contributed by atoms with Gasteiger partial charge in [0.15, 0.2) is 12.4 Å². The SMILES string of the molecule is CO[C@H]1[C@H](O)[C@H](O)C(O)O[C@@H]1C(=O)O. The van der Waals surface area contributed by atoms with Crippen LogP contribution < -0.4 is 0 Å². The van der Waals surface area contributed by atoms with Crippen LogP contribution in [0.3, 0.4) is 0 Å². The monoisotopic (exact) mass is 208 g/mol. The lowest BCUT2D eigenvalue weighted by Crippen LogP contribution is -2.60. The van der Waals surface area contributed by atoms with Crippen molar-refractivity contribution < 1.29 is 34.7 Å². The molecule has 0 bridgehead atoms. The number of carboxylic acids is 1. The number of aliphatic carboxylic acids is 1. The van der Waals surface area contributed by atoms with E-state index >= 15 is 0 Å². The summed E-state index contributed by atoms with van der Waals surface area (Å²) in [5, 5.41) is 36.2. The maximum Gasteiger partial charge on any atom is 0.335 e. The molecule has 14 heavy (non-hydrogen) atoms. The van der Waals surface area contributed by atoms with Gasteiger partial charge in [0.2, 0.25) is 0 Å². The average Bonchev–Trinajstić information content (AvgIpc) is 2.13. The highest BCUT2D eigenvalue weighted by molar-refractivity contribution is 5.73. The molecule has 82 valence electrons. The van der Waals surface area contributed by atoms with Crippen LogP contribution in [0.1, 0.15) is 0 Å². The van der Waals surface area contributed by atoms with Crippen molar-refractivity contribution in [3.63, 3.8) is 0 Å². The van der Waals surface area contributed by atoms with Gasteiger partial charge >= 0.3 is 5.97 Å². The van der Waals surface area contributed by atoms with Gasteiger partial charge in [-0.1, -0.05) is 0 Å². The maximum absolute atomic E-state index is 10.6. The summed E-state index contributed by atoms with van der Waals surface area (Å²) in [5.41, 5.74) is 0. The van der Waals surface area contributed by atoms with Crippen molar-refractivity contribution >= 4 is 5.97 Å². The Morgan fingerprint density at radius 1 is 1.29 bits per heavy atom. The molecule has 0 saturated carbocycles. The first-order valence-electron chi connectivity index (χ1n) is 3.94. The van der Waals surface area contributed by atoms with Crippen molar-refractivity contribution in [2.75, 3.05) is 7.11 Å². The Morgan fingerprint density at radius 2 is 1.86 bits per heavy atom. The van der Waals surface area contributed by atoms with Crippen LogP contribution in [0.2, 0.25) is 0 Å². The molecular formula is C7H12O7. The number of aliphatic hydroxyl groups is 3. The van der Waals surface area contributed by atoms with Crippen molar-refractivity contribution in [2.45, 2.75) is 30.7 Å². The zero-order chi connectivity index (χ0) is 10.9. The van der Waals surface area contributed by atoms with E-state index in [0.29, 0.717) is 0 Å². The molecule has 1 rings (SSSR count). The Kier molecular flexibility index (Phi) is 3.40. The third kappa shape index (κ3) is 1.86. The van der Waals surface area contributed by atoms with Gasteiger partial charge in [-0.2, -0.15) is 0 Å². The number of rotatable bonds is 2. The first-order valence-corrected chi connectivity index (χ1v) is 3.94. The minimum atomic E-state index is -1.72. The van der Waals surface area contributed by atoms with Crippen molar-refractivity contribution in [1.29, 1.82) is 0 Å². The van der Waals surface area contributed by atoms with Crippen LogP contribution >= 0.6 is 0 Å². The van der Waals surface area contributed by atoms with Gasteiger partial charge in [0, 0.05) is 7.11 Å². The highest BCUT2D eigenvalue weighted by atomic mass is 16.7. The number of ether oxygens (including phenoxy) is 2. The highest BCUT2D eigenvalue weighted by Gasteiger charge is 2.47. The lowest BCUT2D eigenvalue weighted by atomic mass is 9.99. The van der Waals surface area contributed by atoms with Gasteiger partial charge < -0.3 is 29.9 Å². The van der Waals surface area contributed by atoms with E-state index in [0.717, 1.165) is 0 Å². The molecule has 5 atom stereocenters. The van der Waals surface area contributed by atoms with Crippen molar-refractivity contribution in [3.8, 4) is 0 Å². The second kappa shape index (κ2) is 4.20. The molecule has 0 spiro atoms. The number of carboxylic acid groups (broad SMARTS) is 1. The van der Waals surface area contributed by atoms with E-state index < -0.39 is 36.7 Å². The third-order valence-electron chi connectivity index (χ3n) is 2.08. The smallest absolute Gasteiger partial charge is 0.335 e. The molecule has 1 aliphatic rings. The molecule has 1 fully saturated rings. The Balaban J connectivity index is 2.82. The Labute approximate surface area is 79.5 Å². The Morgan fingerprint density at radius 3 is 2.29 bits per heavy atom. The van der Waals surface area contributed by atoms with Crippen LogP contribution in [0.25, 0.3) is 0 Å². The minimum Gasteiger partial charge on any atom is -0.479 e. The van der Waals surface area contributed by atoms with E-state index in [4.69, 9.17) is 15.3 Å². The van der Waals surface area contributed by atoms with Gasteiger partial charge in [0.1, 0.15) is 18.3 Å². The quantitative estimate of drug-likeness (QED) is 0.397. The van der Waals surface area contributed by atoms with E-state index in [-0.39, 0.29) is 0 Å².